The van der Waals surface area contributed by atoms with Crippen LogP contribution in [0.4, 0.5) is 4.39 Å². The molecule has 0 saturated heterocycles. The maximum absolute atomic E-state index is 11.1. The van der Waals surface area contributed by atoms with Crippen LogP contribution in [0.5, 0.6) is 0 Å². The number of alkyl halides is 1. The van der Waals surface area contributed by atoms with E-state index in [2.05, 4.69) is 11.3 Å². The Bertz CT molecular complexity index is 90.4. The first-order valence-corrected chi connectivity index (χ1v) is 2.10. The molecule has 0 heterocycles. The van der Waals surface area contributed by atoms with E-state index in [1.807, 2.05) is 0 Å². The van der Waals surface area contributed by atoms with Gasteiger partial charge >= 0.3 is 0 Å². The van der Waals surface area contributed by atoms with E-state index in [0.717, 1.165) is 6.08 Å². The van der Waals surface area contributed by atoms with E-state index in [1.165, 1.54) is 0 Å². The van der Waals surface area contributed by atoms with Gasteiger partial charge in [0.15, 0.2) is 12.6 Å². The Morgan fingerprint density at radius 3 is 2.88 bits per heavy atom. The Hall–Kier alpha value is -0.700. The lowest BCUT2D eigenvalue weighted by Gasteiger charge is -1.90. The zero-order chi connectivity index (χ0) is 6.41. The van der Waals surface area contributed by atoms with Crippen LogP contribution in [0.25, 0.3) is 0 Å². The van der Waals surface area contributed by atoms with Gasteiger partial charge in [0.1, 0.15) is 6.61 Å². The van der Waals surface area contributed by atoms with E-state index in [1.54, 1.807) is 0 Å². The third-order valence-corrected chi connectivity index (χ3v) is 0.549. The normalized spacial score (nSPS) is 8.62. The summed E-state index contributed by atoms with van der Waals surface area (Å²) < 4.78 is 15.2. The van der Waals surface area contributed by atoms with Gasteiger partial charge in [0.05, 0.1) is 0 Å². The third kappa shape index (κ3) is 3.49. The Morgan fingerprint density at radius 1 is 1.88 bits per heavy atom. The van der Waals surface area contributed by atoms with Crippen LogP contribution >= 0.6 is 0 Å². The summed E-state index contributed by atoms with van der Waals surface area (Å²) >= 11 is 0. The molecular formula is C5H7FO2. The fourth-order valence-corrected chi connectivity index (χ4v) is 0.198. The molecule has 0 aliphatic rings. The minimum Gasteiger partial charge on any atom is -0.342 e. The van der Waals surface area contributed by atoms with Crippen molar-refractivity contribution in [3.63, 3.8) is 0 Å². The van der Waals surface area contributed by atoms with Gasteiger partial charge < -0.3 is 4.74 Å². The number of carbonyl (C=O) groups excluding carboxylic acids is 1. The fraction of sp³-hybridized carbons (Fsp3) is 0.400. The number of ketones is 1. The molecule has 0 aromatic rings. The number of halogens is 1. The molecule has 0 radical (unpaired) electrons. The Kier molecular flexibility index (Phi) is 4.07. The molecule has 0 aliphatic carbocycles. The lowest BCUT2D eigenvalue weighted by molar-refractivity contribution is -0.120. The van der Waals surface area contributed by atoms with E-state index in [-0.39, 0.29) is 12.4 Å². The molecule has 0 aromatic heterocycles. The van der Waals surface area contributed by atoms with Gasteiger partial charge in [-0.05, 0) is 6.08 Å². The average Bonchev–Trinajstić information content (AvgIpc) is 1.83. The Labute approximate surface area is 47.0 Å². The molecule has 2 nitrogen and oxygen atoms in total. The third-order valence-electron chi connectivity index (χ3n) is 0.549. The Balaban J connectivity index is 3.11. The van der Waals surface area contributed by atoms with Crippen LogP contribution in [0.2, 0.25) is 0 Å². The van der Waals surface area contributed by atoms with Crippen LogP contribution in [0.3, 0.4) is 0 Å². The molecule has 0 unspecified atom stereocenters. The highest BCUT2D eigenvalue weighted by atomic mass is 19.1. The summed E-state index contributed by atoms with van der Waals surface area (Å²) in [5.41, 5.74) is 0. The van der Waals surface area contributed by atoms with Gasteiger partial charge in [-0.15, -0.1) is 0 Å². The summed E-state index contributed by atoms with van der Waals surface area (Å²) in [5, 5.41) is 0. The summed E-state index contributed by atoms with van der Waals surface area (Å²) in [7, 11) is 0. The van der Waals surface area contributed by atoms with Gasteiger partial charge in [-0.3, -0.25) is 4.79 Å². The standard InChI is InChI=1S/C5H7FO2/c1-2-5(7)3-8-4-6/h2H,1,3-4H2. The molecule has 8 heavy (non-hydrogen) atoms. The van der Waals surface area contributed by atoms with Gasteiger partial charge in [0.2, 0.25) is 0 Å². The van der Waals surface area contributed by atoms with Crippen LogP contribution in [-0.4, -0.2) is 19.3 Å². The first kappa shape index (κ1) is 7.30. The molecule has 0 fully saturated rings. The van der Waals surface area contributed by atoms with Gasteiger partial charge in [0.25, 0.3) is 0 Å². The summed E-state index contributed by atoms with van der Waals surface area (Å²) in [4.78, 5) is 10.2. The molecule has 0 rings (SSSR count). The topological polar surface area (TPSA) is 26.3 Å². The maximum atomic E-state index is 11.1. The van der Waals surface area contributed by atoms with E-state index in [4.69, 9.17) is 0 Å². The van der Waals surface area contributed by atoms with Crippen molar-refractivity contribution >= 4 is 5.78 Å². The molecule has 0 N–H and O–H groups in total. The second-order valence-electron chi connectivity index (χ2n) is 1.13. The molecule has 0 saturated carbocycles. The van der Waals surface area contributed by atoms with Crippen molar-refractivity contribution in [2.75, 3.05) is 13.5 Å². The number of carbonyl (C=O) groups is 1. The highest BCUT2D eigenvalue weighted by molar-refractivity contribution is 5.90. The van der Waals surface area contributed by atoms with Crippen molar-refractivity contribution in [3.8, 4) is 0 Å². The first-order valence-electron chi connectivity index (χ1n) is 2.10. The van der Waals surface area contributed by atoms with Crippen molar-refractivity contribution in [2.45, 2.75) is 0 Å². The maximum Gasteiger partial charge on any atom is 0.188 e. The molecule has 0 amide bonds. The fourth-order valence-electron chi connectivity index (χ4n) is 0.198. The van der Waals surface area contributed by atoms with Crippen molar-refractivity contribution < 1.29 is 13.9 Å². The molecule has 46 valence electrons. The largest absolute Gasteiger partial charge is 0.342 e. The van der Waals surface area contributed by atoms with Crippen LogP contribution in [0.1, 0.15) is 0 Å². The van der Waals surface area contributed by atoms with E-state index in [9.17, 15) is 9.18 Å². The minimum atomic E-state index is -0.917. The molecule has 0 bridgehead atoms. The Morgan fingerprint density at radius 2 is 2.50 bits per heavy atom. The number of rotatable bonds is 4. The highest BCUT2D eigenvalue weighted by Crippen LogP contribution is 1.77. The van der Waals surface area contributed by atoms with Gasteiger partial charge in [-0.2, -0.15) is 0 Å². The number of hydrogen-bond acceptors (Lipinski definition) is 2. The zero-order valence-electron chi connectivity index (χ0n) is 4.39. The van der Waals surface area contributed by atoms with Gasteiger partial charge in [-0.1, -0.05) is 6.58 Å². The smallest absolute Gasteiger partial charge is 0.188 e. The van der Waals surface area contributed by atoms with E-state index >= 15 is 0 Å². The summed E-state index contributed by atoms with van der Waals surface area (Å²) in [6.45, 7) is 2.04. The second-order valence-corrected chi connectivity index (χ2v) is 1.13. The van der Waals surface area contributed by atoms with Crippen molar-refractivity contribution in [1.82, 2.24) is 0 Å². The predicted molar refractivity (Wildman–Crippen MR) is 27.1 cm³/mol. The average molecular weight is 118 g/mol. The molecule has 3 heteroatoms. The quantitative estimate of drug-likeness (QED) is 0.507. The lowest BCUT2D eigenvalue weighted by atomic mass is 10.4. The molecule has 0 spiro atoms. The van der Waals surface area contributed by atoms with Crippen LogP contribution in [0, 0.1) is 0 Å². The predicted octanol–water partition coefficient (Wildman–Crippen LogP) is 0.685. The number of hydrogen-bond donors (Lipinski definition) is 0. The van der Waals surface area contributed by atoms with Crippen LogP contribution in [0.15, 0.2) is 12.7 Å². The van der Waals surface area contributed by atoms with Crippen LogP contribution in [-0.2, 0) is 9.53 Å². The van der Waals surface area contributed by atoms with Crippen molar-refractivity contribution in [3.05, 3.63) is 12.7 Å². The van der Waals surface area contributed by atoms with Gasteiger partial charge in [-0.25, -0.2) is 4.39 Å². The summed E-state index contributed by atoms with van der Waals surface area (Å²) in [6.07, 6.45) is 1.09. The monoisotopic (exact) mass is 118 g/mol. The van der Waals surface area contributed by atoms with Crippen LogP contribution < -0.4 is 0 Å². The molecule has 0 aliphatic heterocycles. The zero-order valence-corrected chi connectivity index (χ0v) is 4.39. The highest BCUT2D eigenvalue weighted by Gasteiger charge is 1.91. The summed E-state index contributed by atoms with van der Waals surface area (Å²) in [6, 6.07) is 0. The van der Waals surface area contributed by atoms with Crippen molar-refractivity contribution in [2.24, 2.45) is 0 Å². The summed E-state index contributed by atoms with van der Waals surface area (Å²) in [5.74, 6) is -0.303. The molecular weight excluding hydrogens is 111 g/mol. The lowest BCUT2D eigenvalue weighted by Crippen LogP contribution is -2.03. The van der Waals surface area contributed by atoms with Crippen molar-refractivity contribution in [1.29, 1.82) is 0 Å². The first-order chi connectivity index (χ1) is 3.81. The molecule has 0 aromatic carbocycles. The SMILES string of the molecule is C=CC(=O)COCF. The number of ether oxygens (including phenoxy) is 1. The molecule has 0 atom stereocenters. The van der Waals surface area contributed by atoms with E-state index < -0.39 is 6.86 Å². The van der Waals surface area contributed by atoms with E-state index in [0.29, 0.717) is 0 Å². The second kappa shape index (κ2) is 4.46. The minimum absolute atomic E-state index is 0.208. The van der Waals surface area contributed by atoms with Gasteiger partial charge in [0, 0.05) is 0 Å².